The van der Waals surface area contributed by atoms with Gasteiger partial charge in [-0.2, -0.15) is 0 Å². The molecule has 0 unspecified atom stereocenters. The maximum Gasteiger partial charge on any atom is 0.227 e. The number of benzene rings is 1. The molecule has 106 valence electrons. The third kappa shape index (κ3) is 3.17. The van der Waals surface area contributed by atoms with Crippen molar-refractivity contribution in [2.45, 2.75) is 6.92 Å². The second kappa shape index (κ2) is 5.88. The summed E-state index contributed by atoms with van der Waals surface area (Å²) in [6.07, 6.45) is 3.57. The van der Waals surface area contributed by atoms with Gasteiger partial charge in [-0.05, 0) is 25.1 Å². The van der Waals surface area contributed by atoms with Crippen molar-refractivity contribution in [2.75, 3.05) is 12.4 Å². The largest absolute Gasteiger partial charge is 0.497 e. The Bertz CT molecular complexity index is 757. The maximum atomic E-state index is 5.20. The number of nitrogens with zero attached hydrogens (tertiary/aromatic N) is 3. The molecule has 21 heavy (non-hydrogen) atoms. The van der Waals surface area contributed by atoms with E-state index in [0.717, 1.165) is 27.0 Å². The zero-order valence-corrected chi connectivity index (χ0v) is 12.5. The van der Waals surface area contributed by atoms with Crippen molar-refractivity contribution in [1.82, 2.24) is 15.0 Å². The molecule has 0 spiro atoms. The molecule has 2 aromatic heterocycles. The second-order valence-corrected chi connectivity index (χ2v) is 5.60. The summed E-state index contributed by atoms with van der Waals surface area (Å²) < 4.78 is 5.20. The van der Waals surface area contributed by atoms with Gasteiger partial charge in [0.15, 0.2) is 0 Å². The lowest BCUT2D eigenvalue weighted by atomic mass is 10.3. The van der Waals surface area contributed by atoms with Gasteiger partial charge in [0, 0.05) is 24.1 Å². The number of aromatic nitrogens is 3. The number of thiazole rings is 1. The van der Waals surface area contributed by atoms with E-state index in [4.69, 9.17) is 4.74 Å². The van der Waals surface area contributed by atoms with E-state index in [9.17, 15) is 0 Å². The van der Waals surface area contributed by atoms with Crippen LogP contribution in [0.1, 0.15) is 5.01 Å². The van der Waals surface area contributed by atoms with Crippen LogP contribution in [0, 0.1) is 6.92 Å². The Kier molecular flexibility index (Phi) is 3.79. The van der Waals surface area contributed by atoms with Gasteiger partial charge >= 0.3 is 0 Å². The second-order valence-electron chi connectivity index (χ2n) is 4.37. The Morgan fingerprint density at radius 2 is 2.10 bits per heavy atom. The predicted molar refractivity (Wildman–Crippen MR) is 84.2 cm³/mol. The highest BCUT2D eigenvalue weighted by Gasteiger charge is 2.06. The van der Waals surface area contributed by atoms with Gasteiger partial charge in [0.2, 0.25) is 5.95 Å². The van der Waals surface area contributed by atoms with Gasteiger partial charge < -0.3 is 10.1 Å². The zero-order valence-electron chi connectivity index (χ0n) is 11.7. The summed E-state index contributed by atoms with van der Waals surface area (Å²) in [5.41, 5.74) is 1.74. The number of ether oxygens (including phenoxy) is 1. The van der Waals surface area contributed by atoms with Crippen molar-refractivity contribution in [1.29, 1.82) is 0 Å². The highest BCUT2D eigenvalue weighted by atomic mass is 32.1. The Balaban J connectivity index is 1.86. The number of methoxy groups -OCH3 is 1. The third-order valence-electron chi connectivity index (χ3n) is 2.86. The van der Waals surface area contributed by atoms with E-state index >= 15 is 0 Å². The molecule has 5 nitrogen and oxygen atoms in total. The first-order chi connectivity index (χ1) is 10.2. The summed E-state index contributed by atoms with van der Waals surface area (Å²) in [5.74, 6) is 1.33. The molecular formula is C15H14N4OS. The van der Waals surface area contributed by atoms with Crippen LogP contribution in [0.2, 0.25) is 0 Å². The summed E-state index contributed by atoms with van der Waals surface area (Å²) in [6.45, 7) is 1.98. The quantitative estimate of drug-likeness (QED) is 0.796. The van der Waals surface area contributed by atoms with E-state index in [1.165, 1.54) is 0 Å². The van der Waals surface area contributed by atoms with Gasteiger partial charge in [-0.1, -0.05) is 6.07 Å². The number of aryl methyl sites for hydroxylation is 1. The van der Waals surface area contributed by atoms with Crippen molar-refractivity contribution in [3.63, 3.8) is 0 Å². The molecule has 0 fully saturated rings. The first-order valence-corrected chi connectivity index (χ1v) is 7.23. The molecule has 0 aliphatic carbocycles. The molecule has 0 bridgehead atoms. The summed E-state index contributed by atoms with van der Waals surface area (Å²) in [5, 5.41) is 4.20. The van der Waals surface area contributed by atoms with Crippen LogP contribution in [-0.2, 0) is 0 Å². The van der Waals surface area contributed by atoms with E-state index in [0.29, 0.717) is 5.95 Å². The van der Waals surface area contributed by atoms with Crippen molar-refractivity contribution < 1.29 is 4.74 Å². The molecule has 3 aromatic rings. The highest BCUT2D eigenvalue weighted by molar-refractivity contribution is 7.15. The minimum Gasteiger partial charge on any atom is -0.497 e. The minimum absolute atomic E-state index is 0.548. The first-order valence-electron chi connectivity index (χ1n) is 6.41. The first kappa shape index (κ1) is 13.5. The molecule has 3 rings (SSSR count). The zero-order chi connectivity index (χ0) is 14.7. The van der Waals surface area contributed by atoms with E-state index < -0.39 is 0 Å². The van der Waals surface area contributed by atoms with Crippen molar-refractivity contribution >= 4 is 23.0 Å². The Hall–Kier alpha value is -2.47. The average molecular weight is 298 g/mol. The minimum atomic E-state index is 0.548. The Morgan fingerprint density at radius 3 is 2.86 bits per heavy atom. The van der Waals surface area contributed by atoms with Gasteiger partial charge in [-0.25, -0.2) is 15.0 Å². The van der Waals surface area contributed by atoms with Crippen LogP contribution in [0.25, 0.3) is 10.6 Å². The van der Waals surface area contributed by atoms with Gasteiger partial charge in [0.1, 0.15) is 5.75 Å². The van der Waals surface area contributed by atoms with Crippen LogP contribution in [0.4, 0.5) is 11.6 Å². The molecule has 0 saturated carbocycles. The van der Waals surface area contributed by atoms with Crippen LogP contribution in [0.3, 0.4) is 0 Å². The Labute approximate surface area is 126 Å². The molecule has 0 atom stereocenters. The Morgan fingerprint density at radius 1 is 1.19 bits per heavy atom. The predicted octanol–water partition coefficient (Wildman–Crippen LogP) is 3.66. The summed E-state index contributed by atoms with van der Waals surface area (Å²) in [4.78, 5) is 14.0. The van der Waals surface area contributed by atoms with E-state index in [1.807, 2.05) is 43.5 Å². The van der Waals surface area contributed by atoms with Crippen molar-refractivity contribution in [3.05, 3.63) is 47.7 Å². The summed E-state index contributed by atoms with van der Waals surface area (Å²) >= 11 is 1.61. The van der Waals surface area contributed by atoms with E-state index in [1.54, 1.807) is 24.6 Å². The number of rotatable bonds is 4. The fraction of sp³-hybridized carbons (Fsp3) is 0.133. The van der Waals surface area contributed by atoms with Gasteiger partial charge in [0.25, 0.3) is 0 Å². The topological polar surface area (TPSA) is 59.9 Å². The van der Waals surface area contributed by atoms with Crippen molar-refractivity contribution in [2.24, 2.45) is 0 Å². The summed E-state index contributed by atoms with van der Waals surface area (Å²) in [6, 6.07) is 9.52. The van der Waals surface area contributed by atoms with Crippen LogP contribution in [0.5, 0.6) is 5.75 Å². The molecule has 1 N–H and O–H groups in total. The van der Waals surface area contributed by atoms with Crippen LogP contribution < -0.4 is 10.1 Å². The standard InChI is InChI=1S/C15H14N4OS/c1-10-17-9-14(21-10)13-6-7-16-15(19-13)18-11-4-3-5-12(8-11)20-2/h3-9H,1-2H3,(H,16,18,19). The van der Waals surface area contributed by atoms with Gasteiger partial charge in [0.05, 0.1) is 22.7 Å². The third-order valence-corrected chi connectivity index (χ3v) is 3.79. The molecule has 1 aromatic carbocycles. The van der Waals surface area contributed by atoms with Gasteiger partial charge in [-0.15, -0.1) is 11.3 Å². The average Bonchev–Trinajstić information content (AvgIpc) is 2.94. The number of nitrogens with one attached hydrogen (secondary N) is 1. The molecule has 0 radical (unpaired) electrons. The lowest BCUT2D eigenvalue weighted by molar-refractivity contribution is 0.415. The lowest BCUT2D eigenvalue weighted by Gasteiger charge is -2.07. The normalized spacial score (nSPS) is 10.4. The van der Waals surface area contributed by atoms with Crippen molar-refractivity contribution in [3.8, 4) is 16.3 Å². The molecule has 2 heterocycles. The smallest absolute Gasteiger partial charge is 0.227 e. The molecular weight excluding hydrogens is 284 g/mol. The molecule has 6 heteroatoms. The highest BCUT2D eigenvalue weighted by Crippen LogP contribution is 2.25. The van der Waals surface area contributed by atoms with Gasteiger partial charge in [-0.3, -0.25) is 0 Å². The summed E-state index contributed by atoms with van der Waals surface area (Å²) in [7, 11) is 1.64. The lowest BCUT2D eigenvalue weighted by Crippen LogP contribution is -1.97. The monoisotopic (exact) mass is 298 g/mol. The molecule has 0 saturated heterocycles. The fourth-order valence-corrected chi connectivity index (χ4v) is 2.61. The van der Waals surface area contributed by atoms with Crippen LogP contribution in [-0.4, -0.2) is 22.1 Å². The van der Waals surface area contributed by atoms with E-state index in [2.05, 4.69) is 20.3 Å². The molecule has 0 amide bonds. The van der Waals surface area contributed by atoms with Crippen LogP contribution >= 0.6 is 11.3 Å². The van der Waals surface area contributed by atoms with Crippen LogP contribution in [0.15, 0.2) is 42.7 Å². The SMILES string of the molecule is COc1cccc(Nc2nccc(-c3cnc(C)s3)n2)c1. The van der Waals surface area contributed by atoms with E-state index in [-0.39, 0.29) is 0 Å². The number of anilines is 2. The molecule has 0 aliphatic rings. The fourth-order valence-electron chi connectivity index (χ4n) is 1.87. The molecule has 0 aliphatic heterocycles. The number of hydrogen-bond acceptors (Lipinski definition) is 6. The number of hydrogen-bond donors (Lipinski definition) is 1. The maximum absolute atomic E-state index is 5.20.